The van der Waals surface area contributed by atoms with Crippen LogP contribution in [0, 0.1) is 0 Å². The lowest BCUT2D eigenvalue weighted by Crippen LogP contribution is -2.47. The van der Waals surface area contributed by atoms with Crippen LogP contribution in [-0.2, 0) is 14.3 Å². The Morgan fingerprint density at radius 1 is 1.33 bits per heavy atom. The number of hydrogen-bond acceptors (Lipinski definition) is 7. The molecule has 0 aromatic rings. The van der Waals surface area contributed by atoms with Gasteiger partial charge in [0, 0.05) is 12.4 Å². The Balaban J connectivity index is 4.71. The Bertz CT molecular complexity index is 379. The number of thioether (sulfide) groups is 1. The molecule has 0 aromatic carbocycles. The monoisotopic (exact) mass is 321 g/mol. The molecule has 7 nitrogen and oxygen atoms in total. The third kappa shape index (κ3) is 9.46. The van der Waals surface area contributed by atoms with Crippen LogP contribution in [-0.4, -0.2) is 78.9 Å². The highest BCUT2D eigenvalue weighted by atomic mass is 32.2. The molecule has 0 heterocycles. The average Bonchev–Trinajstić information content (AvgIpc) is 2.31. The van der Waals surface area contributed by atoms with Gasteiger partial charge < -0.3 is 29.3 Å². The van der Waals surface area contributed by atoms with Gasteiger partial charge in [0.25, 0.3) is 0 Å². The molecule has 0 radical (unpaired) electrons. The first-order chi connectivity index (χ1) is 9.56. The van der Waals surface area contributed by atoms with E-state index in [0.29, 0.717) is 4.48 Å². The predicted octanol–water partition coefficient (Wildman–Crippen LogP) is -1.66. The first kappa shape index (κ1) is 19.9. The molecule has 0 saturated heterocycles. The number of hydrogen-bond donors (Lipinski definition) is 2. The van der Waals surface area contributed by atoms with Crippen LogP contribution in [0.2, 0.25) is 0 Å². The van der Waals surface area contributed by atoms with Gasteiger partial charge in [0.05, 0.1) is 21.1 Å². The molecule has 0 amide bonds. The molecule has 0 aromatic heterocycles. The Morgan fingerprint density at radius 3 is 2.33 bits per heavy atom. The molecular formula is C13H23NO6S. The molecule has 2 N–H and O–H groups in total. The minimum absolute atomic E-state index is 0.239. The van der Waals surface area contributed by atoms with E-state index in [2.05, 4.69) is 0 Å². The standard InChI is InChI=1S/C13H23NO6S/c1-14(2,3)8-9(7-11(16)17)20-13(19)12(18)10(15)5-6-21-4/h5-6,9-10,12,15,18H,7-8H2,1-4H3/b6-5+. The number of carbonyl (C=O) groups is 2. The second kappa shape index (κ2) is 9.04. The second-order valence-electron chi connectivity index (χ2n) is 5.61. The summed E-state index contributed by atoms with van der Waals surface area (Å²) in [5.41, 5.74) is 0. The number of aliphatic carboxylic acids is 1. The van der Waals surface area contributed by atoms with E-state index in [9.17, 15) is 24.9 Å². The van der Waals surface area contributed by atoms with Crippen molar-refractivity contribution in [2.24, 2.45) is 0 Å². The van der Waals surface area contributed by atoms with E-state index in [4.69, 9.17) is 4.74 Å². The van der Waals surface area contributed by atoms with Crippen LogP contribution in [0.4, 0.5) is 0 Å². The van der Waals surface area contributed by atoms with Gasteiger partial charge in [-0.2, -0.15) is 0 Å². The van der Waals surface area contributed by atoms with Gasteiger partial charge in [0.15, 0.2) is 12.2 Å². The van der Waals surface area contributed by atoms with Crippen LogP contribution in [0.15, 0.2) is 11.5 Å². The SMILES string of the molecule is CS/C=C/C(O)C(O)C(=O)OC(CC(=O)[O-])C[N+](C)(C)C. The Labute approximate surface area is 128 Å². The number of ether oxygens (including phenoxy) is 1. The first-order valence-electron chi connectivity index (χ1n) is 6.33. The van der Waals surface area contributed by atoms with E-state index < -0.39 is 36.7 Å². The van der Waals surface area contributed by atoms with Crippen LogP contribution in [0.5, 0.6) is 0 Å². The first-order valence-corrected chi connectivity index (χ1v) is 7.62. The van der Waals surface area contributed by atoms with Crippen molar-refractivity contribution in [1.29, 1.82) is 0 Å². The summed E-state index contributed by atoms with van der Waals surface area (Å²) in [7, 11) is 5.42. The maximum absolute atomic E-state index is 11.7. The van der Waals surface area contributed by atoms with Crippen LogP contribution in [0.25, 0.3) is 0 Å². The molecular weight excluding hydrogens is 298 g/mol. The number of aliphatic hydroxyl groups excluding tert-OH is 2. The quantitative estimate of drug-likeness (QED) is 0.387. The number of carboxylic acid groups (broad SMARTS) is 1. The van der Waals surface area contributed by atoms with Gasteiger partial charge in [-0.1, -0.05) is 0 Å². The number of carbonyl (C=O) groups excluding carboxylic acids is 2. The zero-order valence-electron chi connectivity index (χ0n) is 12.7. The minimum atomic E-state index is -1.76. The molecule has 122 valence electrons. The lowest BCUT2D eigenvalue weighted by molar-refractivity contribution is -0.873. The van der Waals surface area contributed by atoms with Crippen LogP contribution in [0.3, 0.4) is 0 Å². The Morgan fingerprint density at radius 2 is 1.90 bits per heavy atom. The zero-order valence-corrected chi connectivity index (χ0v) is 13.5. The fourth-order valence-electron chi connectivity index (χ4n) is 1.58. The number of rotatable bonds is 9. The lowest BCUT2D eigenvalue weighted by Gasteiger charge is -2.29. The summed E-state index contributed by atoms with van der Waals surface area (Å²) < 4.78 is 5.35. The van der Waals surface area contributed by atoms with Gasteiger partial charge in [-0.15, -0.1) is 11.8 Å². The third-order valence-corrected chi connectivity index (χ3v) is 2.83. The van der Waals surface area contributed by atoms with E-state index in [1.807, 2.05) is 21.1 Å². The van der Waals surface area contributed by atoms with Crippen molar-refractivity contribution >= 4 is 23.7 Å². The molecule has 0 aliphatic heterocycles. The van der Waals surface area contributed by atoms with Gasteiger partial charge in [0.1, 0.15) is 12.6 Å². The van der Waals surface area contributed by atoms with E-state index in [1.54, 1.807) is 6.26 Å². The molecule has 0 aliphatic carbocycles. The summed E-state index contributed by atoms with van der Waals surface area (Å²) >= 11 is 1.30. The summed E-state index contributed by atoms with van der Waals surface area (Å²) in [5, 5.41) is 31.4. The van der Waals surface area contributed by atoms with Crippen molar-refractivity contribution in [3.63, 3.8) is 0 Å². The fourth-order valence-corrected chi connectivity index (χ4v) is 1.90. The molecule has 21 heavy (non-hydrogen) atoms. The summed E-state index contributed by atoms with van der Waals surface area (Å²) in [6.45, 7) is 0.239. The number of aliphatic hydroxyl groups is 2. The molecule has 0 rings (SSSR count). The molecule has 3 atom stereocenters. The summed E-state index contributed by atoms with van der Waals surface area (Å²) in [5.74, 6) is -2.41. The van der Waals surface area contributed by atoms with Crippen LogP contribution < -0.4 is 5.11 Å². The second-order valence-corrected chi connectivity index (χ2v) is 6.35. The predicted molar refractivity (Wildman–Crippen MR) is 77.1 cm³/mol. The summed E-state index contributed by atoms with van der Waals surface area (Å²) in [4.78, 5) is 22.4. The Hall–Kier alpha value is -1.09. The number of esters is 1. The molecule has 8 heteroatoms. The van der Waals surface area contributed by atoms with E-state index in [0.717, 1.165) is 0 Å². The molecule has 0 aliphatic rings. The van der Waals surface area contributed by atoms with Crippen molar-refractivity contribution in [2.45, 2.75) is 24.7 Å². The van der Waals surface area contributed by atoms with Crippen molar-refractivity contribution in [2.75, 3.05) is 33.9 Å². The van der Waals surface area contributed by atoms with Crippen molar-refractivity contribution < 1.29 is 34.1 Å². The largest absolute Gasteiger partial charge is 0.550 e. The topological polar surface area (TPSA) is 107 Å². The van der Waals surface area contributed by atoms with Gasteiger partial charge in [-0.25, -0.2) is 4.79 Å². The highest BCUT2D eigenvalue weighted by Gasteiger charge is 2.29. The minimum Gasteiger partial charge on any atom is -0.550 e. The molecule has 0 fully saturated rings. The molecule has 0 spiro atoms. The zero-order chi connectivity index (χ0) is 16.6. The van der Waals surface area contributed by atoms with Crippen molar-refractivity contribution in [3.8, 4) is 0 Å². The third-order valence-electron chi connectivity index (χ3n) is 2.41. The molecule has 0 bridgehead atoms. The number of nitrogens with zero attached hydrogens (tertiary/aromatic N) is 1. The number of likely N-dealkylation sites (N-methyl/N-ethyl adjacent to an activating group) is 1. The maximum Gasteiger partial charge on any atom is 0.338 e. The highest BCUT2D eigenvalue weighted by Crippen LogP contribution is 2.09. The van der Waals surface area contributed by atoms with E-state index in [1.165, 1.54) is 23.2 Å². The molecule has 0 saturated carbocycles. The van der Waals surface area contributed by atoms with E-state index in [-0.39, 0.29) is 6.54 Å². The summed E-state index contributed by atoms with van der Waals surface area (Å²) in [6, 6.07) is 0. The lowest BCUT2D eigenvalue weighted by atomic mass is 10.2. The smallest absolute Gasteiger partial charge is 0.338 e. The maximum atomic E-state index is 11.7. The van der Waals surface area contributed by atoms with Crippen molar-refractivity contribution in [1.82, 2.24) is 0 Å². The number of quaternary nitrogens is 1. The van der Waals surface area contributed by atoms with E-state index >= 15 is 0 Å². The average molecular weight is 321 g/mol. The summed E-state index contributed by atoms with van der Waals surface area (Å²) in [6.07, 6.45) is -1.56. The van der Waals surface area contributed by atoms with Crippen molar-refractivity contribution in [3.05, 3.63) is 11.5 Å². The highest BCUT2D eigenvalue weighted by molar-refractivity contribution is 8.01. The van der Waals surface area contributed by atoms with Crippen LogP contribution in [0.1, 0.15) is 6.42 Å². The number of carboxylic acids is 1. The van der Waals surface area contributed by atoms with Gasteiger partial charge >= 0.3 is 5.97 Å². The normalized spacial score (nSPS) is 16.5. The van der Waals surface area contributed by atoms with Gasteiger partial charge in [0.2, 0.25) is 0 Å². The fraction of sp³-hybridized carbons (Fsp3) is 0.692. The Kier molecular flexibility index (Phi) is 8.57. The van der Waals surface area contributed by atoms with Gasteiger partial charge in [-0.05, 0) is 17.7 Å². The molecule has 3 unspecified atom stereocenters. The van der Waals surface area contributed by atoms with Crippen LogP contribution >= 0.6 is 11.8 Å². The van der Waals surface area contributed by atoms with Gasteiger partial charge in [-0.3, -0.25) is 0 Å².